The van der Waals surface area contributed by atoms with Crippen LogP contribution in [0.5, 0.6) is 11.6 Å². The smallest absolute Gasteiger partial charge is 0.231 e. The average molecular weight is 283 g/mol. The van der Waals surface area contributed by atoms with Crippen LogP contribution in [0.1, 0.15) is 18.4 Å². The molecule has 21 heavy (non-hydrogen) atoms. The van der Waals surface area contributed by atoms with Crippen LogP contribution in [0.25, 0.3) is 10.9 Å². The first-order chi connectivity index (χ1) is 10.3. The average Bonchev–Trinajstić information content (AvgIpc) is 2.54. The molecule has 0 bridgehead atoms. The Morgan fingerprint density at radius 2 is 2.10 bits per heavy atom. The van der Waals surface area contributed by atoms with Crippen LogP contribution in [0.15, 0.2) is 24.3 Å². The number of nitriles is 1. The van der Waals surface area contributed by atoms with E-state index in [1.165, 1.54) is 7.11 Å². The molecule has 5 nitrogen and oxygen atoms in total. The topological polar surface area (TPSA) is 67.2 Å². The predicted octanol–water partition coefficient (Wildman–Crippen LogP) is 2.25. The number of nitrogens with zero attached hydrogens (tertiary/aromatic N) is 2. The van der Waals surface area contributed by atoms with Crippen LogP contribution in [0.3, 0.4) is 0 Å². The van der Waals surface area contributed by atoms with E-state index >= 15 is 0 Å². The highest BCUT2D eigenvalue weighted by Gasteiger charge is 2.15. The maximum Gasteiger partial charge on any atom is 0.231 e. The lowest BCUT2D eigenvalue weighted by Crippen LogP contribution is -2.34. The Bertz CT molecular complexity index is 688. The normalized spacial score (nSPS) is 15.6. The molecule has 1 saturated heterocycles. The molecule has 0 atom stereocenters. The number of rotatable bonds is 3. The molecule has 0 aliphatic carbocycles. The SMILES string of the molecule is COc1nc2ccc(OC3CCNCC3)cc2cc1C#N. The van der Waals surface area contributed by atoms with Gasteiger partial charge in [-0.1, -0.05) is 0 Å². The van der Waals surface area contributed by atoms with E-state index < -0.39 is 0 Å². The van der Waals surface area contributed by atoms with Crippen molar-refractivity contribution in [2.24, 2.45) is 0 Å². The van der Waals surface area contributed by atoms with Crippen molar-refractivity contribution in [3.05, 3.63) is 29.8 Å². The summed E-state index contributed by atoms with van der Waals surface area (Å²) < 4.78 is 11.1. The van der Waals surface area contributed by atoms with Crippen LogP contribution in [0, 0.1) is 11.3 Å². The zero-order valence-electron chi connectivity index (χ0n) is 11.9. The summed E-state index contributed by atoms with van der Waals surface area (Å²) in [5.74, 6) is 1.18. The van der Waals surface area contributed by atoms with E-state index in [0.29, 0.717) is 11.4 Å². The van der Waals surface area contributed by atoms with Crippen molar-refractivity contribution in [2.45, 2.75) is 18.9 Å². The van der Waals surface area contributed by atoms with Crippen molar-refractivity contribution >= 4 is 10.9 Å². The molecule has 2 aromatic rings. The minimum absolute atomic E-state index is 0.255. The molecule has 1 aliphatic heterocycles. The lowest BCUT2D eigenvalue weighted by atomic mass is 10.1. The second kappa shape index (κ2) is 5.98. The molecule has 1 aromatic carbocycles. The maximum absolute atomic E-state index is 9.13. The Kier molecular flexibility index (Phi) is 3.89. The number of ether oxygens (including phenoxy) is 2. The number of hydrogen-bond acceptors (Lipinski definition) is 5. The molecule has 0 unspecified atom stereocenters. The molecular weight excluding hydrogens is 266 g/mol. The number of nitrogens with one attached hydrogen (secondary N) is 1. The van der Waals surface area contributed by atoms with E-state index in [4.69, 9.17) is 14.7 Å². The van der Waals surface area contributed by atoms with Gasteiger partial charge in [0, 0.05) is 5.39 Å². The van der Waals surface area contributed by atoms with E-state index in [1.54, 1.807) is 6.07 Å². The first-order valence-electron chi connectivity index (χ1n) is 7.06. The third kappa shape index (κ3) is 2.91. The van der Waals surface area contributed by atoms with E-state index in [9.17, 15) is 0 Å². The summed E-state index contributed by atoms with van der Waals surface area (Å²) in [7, 11) is 1.52. The van der Waals surface area contributed by atoms with Gasteiger partial charge in [0.2, 0.25) is 5.88 Å². The van der Waals surface area contributed by atoms with Crippen LogP contribution in [-0.2, 0) is 0 Å². The Hall–Kier alpha value is -2.32. The molecule has 1 N–H and O–H groups in total. The first kappa shape index (κ1) is 13.7. The van der Waals surface area contributed by atoms with Crippen LogP contribution in [0.4, 0.5) is 0 Å². The van der Waals surface area contributed by atoms with Crippen LogP contribution >= 0.6 is 0 Å². The fourth-order valence-corrected chi connectivity index (χ4v) is 2.55. The zero-order chi connectivity index (χ0) is 14.7. The van der Waals surface area contributed by atoms with Crippen molar-refractivity contribution in [2.75, 3.05) is 20.2 Å². The Morgan fingerprint density at radius 1 is 1.29 bits per heavy atom. The summed E-state index contributed by atoms with van der Waals surface area (Å²) in [4.78, 5) is 4.34. The van der Waals surface area contributed by atoms with E-state index in [0.717, 1.165) is 42.6 Å². The lowest BCUT2D eigenvalue weighted by molar-refractivity contribution is 0.162. The van der Waals surface area contributed by atoms with E-state index in [-0.39, 0.29) is 6.10 Å². The number of hydrogen-bond donors (Lipinski definition) is 1. The van der Waals surface area contributed by atoms with Gasteiger partial charge < -0.3 is 14.8 Å². The molecule has 3 rings (SSSR count). The molecule has 5 heteroatoms. The molecule has 1 aliphatic rings. The van der Waals surface area contributed by atoms with Gasteiger partial charge in [-0.05, 0) is 50.2 Å². The molecular formula is C16H17N3O2. The number of benzene rings is 1. The number of aromatic nitrogens is 1. The van der Waals surface area contributed by atoms with Gasteiger partial charge in [0.25, 0.3) is 0 Å². The molecule has 1 aromatic heterocycles. The van der Waals surface area contributed by atoms with Crippen molar-refractivity contribution in [3.63, 3.8) is 0 Å². The standard InChI is InChI=1S/C16H17N3O2/c1-20-16-12(10-17)8-11-9-14(2-3-15(11)19-16)21-13-4-6-18-7-5-13/h2-3,8-9,13,18H,4-7H2,1H3. The van der Waals surface area contributed by atoms with Crippen molar-refractivity contribution < 1.29 is 9.47 Å². The summed E-state index contributed by atoms with van der Waals surface area (Å²) in [5.41, 5.74) is 1.23. The van der Waals surface area contributed by atoms with Gasteiger partial charge in [0.05, 0.1) is 12.6 Å². The minimum Gasteiger partial charge on any atom is -0.490 e. The molecule has 0 spiro atoms. The van der Waals surface area contributed by atoms with Gasteiger partial charge >= 0.3 is 0 Å². The van der Waals surface area contributed by atoms with Gasteiger partial charge in [-0.15, -0.1) is 0 Å². The fourth-order valence-electron chi connectivity index (χ4n) is 2.55. The highest BCUT2D eigenvalue weighted by atomic mass is 16.5. The fraction of sp³-hybridized carbons (Fsp3) is 0.375. The second-order valence-corrected chi connectivity index (χ2v) is 5.08. The van der Waals surface area contributed by atoms with Gasteiger partial charge in [0.1, 0.15) is 23.5 Å². The van der Waals surface area contributed by atoms with Gasteiger partial charge in [-0.3, -0.25) is 0 Å². The molecule has 0 radical (unpaired) electrons. The van der Waals surface area contributed by atoms with Crippen molar-refractivity contribution in [3.8, 4) is 17.7 Å². The maximum atomic E-state index is 9.13. The van der Waals surface area contributed by atoms with Crippen LogP contribution in [-0.4, -0.2) is 31.3 Å². The van der Waals surface area contributed by atoms with Gasteiger partial charge in [-0.25, -0.2) is 4.98 Å². The summed E-state index contributed by atoms with van der Waals surface area (Å²) in [6, 6.07) is 9.64. The van der Waals surface area contributed by atoms with Crippen LogP contribution < -0.4 is 14.8 Å². The predicted molar refractivity (Wildman–Crippen MR) is 79.5 cm³/mol. The van der Waals surface area contributed by atoms with Crippen molar-refractivity contribution in [1.82, 2.24) is 10.3 Å². The van der Waals surface area contributed by atoms with E-state index in [1.807, 2.05) is 18.2 Å². The molecule has 1 fully saturated rings. The Morgan fingerprint density at radius 3 is 2.81 bits per heavy atom. The lowest BCUT2D eigenvalue weighted by Gasteiger charge is -2.23. The summed E-state index contributed by atoms with van der Waals surface area (Å²) in [6.07, 6.45) is 2.29. The monoisotopic (exact) mass is 283 g/mol. The molecule has 0 amide bonds. The van der Waals surface area contributed by atoms with Crippen molar-refractivity contribution in [1.29, 1.82) is 5.26 Å². The largest absolute Gasteiger partial charge is 0.490 e. The third-order valence-electron chi connectivity index (χ3n) is 3.65. The molecule has 2 heterocycles. The third-order valence-corrected chi connectivity index (χ3v) is 3.65. The molecule has 0 saturated carbocycles. The number of fused-ring (bicyclic) bond motifs is 1. The summed E-state index contributed by atoms with van der Waals surface area (Å²) in [6.45, 7) is 1.99. The van der Waals surface area contributed by atoms with Gasteiger partial charge in [0.15, 0.2) is 0 Å². The number of piperidine rings is 1. The van der Waals surface area contributed by atoms with Crippen LogP contribution in [0.2, 0.25) is 0 Å². The number of methoxy groups -OCH3 is 1. The summed E-state index contributed by atoms with van der Waals surface area (Å²) in [5, 5.41) is 13.3. The first-order valence-corrected chi connectivity index (χ1v) is 7.06. The Labute approximate surface area is 123 Å². The minimum atomic E-state index is 0.255. The number of pyridine rings is 1. The van der Waals surface area contributed by atoms with Gasteiger partial charge in [-0.2, -0.15) is 5.26 Å². The molecule has 108 valence electrons. The Balaban J connectivity index is 1.90. The highest BCUT2D eigenvalue weighted by molar-refractivity contribution is 5.82. The quantitative estimate of drug-likeness (QED) is 0.935. The second-order valence-electron chi connectivity index (χ2n) is 5.08. The van der Waals surface area contributed by atoms with E-state index in [2.05, 4.69) is 16.4 Å². The highest BCUT2D eigenvalue weighted by Crippen LogP contribution is 2.26. The zero-order valence-corrected chi connectivity index (χ0v) is 11.9. The summed E-state index contributed by atoms with van der Waals surface area (Å²) >= 11 is 0.